The van der Waals surface area contributed by atoms with Crippen molar-refractivity contribution in [1.29, 1.82) is 0 Å². The molecule has 1 aliphatic rings. The Kier molecular flexibility index (Phi) is 4.99. The van der Waals surface area contributed by atoms with Crippen molar-refractivity contribution in [2.45, 2.75) is 32.2 Å². The quantitative estimate of drug-likeness (QED) is 0.827. The molecule has 0 amide bonds. The van der Waals surface area contributed by atoms with Crippen molar-refractivity contribution in [2.75, 3.05) is 26.3 Å². The van der Waals surface area contributed by atoms with Gasteiger partial charge >= 0.3 is 0 Å². The topological polar surface area (TPSA) is 26.2 Å². The van der Waals surface area contributed by atoms with Gasteiger partial charge in [-0.15, -0.1) is 0 Å². The van der Waals surface area contributed by atoms with Crippen molar-refractivity contribution in [3.05, 3.63) is 34.4 Å². The molecule has 1 fully saturated rings. The molecule has 1 aromatic heterocycles. The van der Waals surface area contributed by atoms with Gasteiger partial charge in [0.05, 0.1) is 6.61 Å². The van der Waals surface area contributed by atoms with Crippen LogP contribution in [0.4, 0.5) is 0 Å². The zero-order valence-corrected chi connectivity index (χ0v) is 14.2. The van der Waals surface area contributed by atoms with Crippen LogP contribution in [0.3, 0.4) is 0 Å². The number of nitrogens with zero attached hydrogens (tertiary/aromatic N) is 1. The van der Waals surface area contributed by atoms with Gasteiger partial charge in [-0.25, -0.2) is 0 Å². The molecule has 4 heteroatoms. The first kappa shape index (κ1) is 15.1. The van der Waals surface area contributed by atoms with Gasteiger partial charge in [-0.3, -0.25) is 0 Å². The van der Waals surface area contributed by atoms with Gasteiger partial charge in [0.15, 0.2) is 0 Å². The molecule has 2 aromatic rings. The largest absolute Gasteiger partial charge is 0.380 e. The molecule has 1 aromatic carbocycles. The summed E-state index contributed by atoms with van der Waals surface area (Å²) in [5.41, 5.74) is 2.83. The maximum atomic E-state index is 5.52. The van der Waals surface area contributed by atoms with Crippen LogP contribution >= 0.6 is 15.9 Å². The summed E-state index contributed by atoms with van der Waals surface area (Å²) >= 11 is 3.62. The van der Waals surface area contributed by atoms with Crippen LogP contribution in [0.1, 0.15) is 31.2 Å². The van der Waals surface area contributed by atoms with Gasteiger partial charge in [0, 0.05) is 34.7 Å². The molecule has 0 atom stereocenters. The van der Waals surface area contributed by atoms with Gasteiger partial charge in [-0.2, -0.15) is 0 Å². The summed E-state index contributed by atoms with van der Waals surface area (Å²) in [6.45, 7) is 6.80. The molecule has 3 rings (SSSR count). The molecule has 0 bridgehead atoms. The van der Waals surface area contributed by atoms with Crippen LogP contribution in [0.2, 0.25) is 0 Å². The molecule has 2 heterocycles. The van der Waals surface area contributed by atoms with E-state index >= 15 is 0 Å². The summed E-state index contributed by atoms with van der Waals surface area (Å²) in [4.78, 5) is 0. The van der Waals surface area contributed by atoms with Crippen LogP contribution < -0.4 is 5.32 Å². The van der Waals surface area contributed by atoms with E-state index in [1.54, 1.807) is 0 Å². The van der Waals surface area contributed by atoms with E-state index in [0.717, 1.165) is 37.3 Å². The number of halogens is 1. The van der Waals surface area contributed by atoms with Gasteiger partial charge in [-0.05, 0) is 62.5 Å². The van der Waals surface area contributed by atoms with Gasteiger partial charge in [0.25, 0.3) is 0 Å². The Hall–Kier alpha value is -0.840. The lowest BCUT2D eigenvalue weighted by molar-refractivity contribution is 0.140. The van der Waals surface area contributed by atoms with Crippen LogP contribution in [0.25, 0.3) is 10.9 Å². The van der Waals surface area contributed by atoms with E-state index in [2.05, 4.69) is 50.2 Å². The lowest BCUT2D eigenvalue weighted by Gasteiger charge is -2.22. The molecular formula is C17H23BrN2O. The minimum Gasteiger partial charge on any atom is -0.380 e. The summed E-state index contributed by atoms with van der Waals surface area (Å²) in [7, 11) is 0. The number of piperidine rings is 1. The van der Waals surface area contributed by atoms with Crippen molar-refractivity contribution in [1.82, 2.24) is 9.88 Å². The second-order valence-electron chi connectivity index (χ2n) is 5.66. The third-order valence-corrected chi connectivity index (χ3v) is 4.83. The standard InChI is InChI=1S/C17H23BrN2O/c1-2-21-10-9-20-12-16(13-5-7-19-8-6-13)15-11-14(18)3-4-17(15)20/h3-4,11-13,19H,2,5-10H2,1H3. The second-order valence-corrected chi connectivity index (χ2v) is 6.58. The van der Waals surface area contributed by atoms with E-state index in [-0.39, 0.29) is 0 Å². The zero-order chi connectivity index (χ0) is 14.7. The molecule has 1 saturated heterocycles. The minimum absolute atomic E-state index is 0.677. The Morgan fingerprint density at radius 1 is 1.33 bits per heavy atom. The minimum atomic E-state index is 0.677. The summed E-state index contributed by atoms with van der Waals surface area (Å²) in [5.74, 6) is 0.677. The van der Waals surface area contributed by atoms with Crippen molar-refractivity contribution in [3.8, 4) is 0 Å². The third kappa shape index (κ3) is 3.33. The molecule has 0 saturated carbocycles. The molecule has 21 heavy (non-hydrogen) atoms. The summed E-state index contributed by atoms with van der Waals surface area (Å²) in [6.07, 6.45) is 4.82. The van der Waals surface area contributed by atoms with Gasteiger partial charge < -0.3 is 14.6 Å². The van der Waals surface area contributed by atoms with E-state index in [4.69, 9.17) is 4.74 Å². The van der Waals surface area contributed by atoms with E-state index in [9.17, 15) is 0 Å². The number of hydrogen-bond acceptors (Lipinski definition) is 2. The maximum absolute atomic E-state index is 5.52. The Morgan fingerprint density at radius 2 is 2.14 bits per heavy atom. The Bertz CT molecular complexity index is 602. The van der Waals surface area contributed by atoms with Gasteiger partial charge in [0.1, 0.15) is 0 Å². The molecule has 0 radical (unpaired) electrons. The normalized spacial score (nSPS) is 16.7. The number of rotatable bonds is 5. The SMILES string of the molecule is CCOCCn1cc(C2CCNCC2)c2cc(Br)ccc21. The molecule has 0 spiro atoms. The van der Waals surface area contributed by atoms with Crippen LogP contribution in [-0.2, 0) is 11.3 Å². The van der Waals surface area contributed by atoms with E-state index in [0.29, 0.717) is 5.92 Å². The fraction of sp³-hybridized carbons (Fsp3) is 0.529. The predicted octanol–water partition coefficient (Wildman–Crippen LogP) is 3.91. The first-order valence-electron chi connectivity index (χ1n) is 7.86. The summed E-state index contributed by atoms with van der Waals surface area (Å²) in [6, 6.07) is 6.62. The lowest BCUT2D eigenvalue weighted by Crippen LogP contribution is -2.26. The van der Waals surface area contributed by atoms with Crippen molar-refractivity contribution in [3.63, 3.8) is 0 Å². The molecule has 1 N–H and O–H groups in total. The maximum Gasteiger partial charge on any atom is 0.0645 e. The monoisotopic (exact) mass is 350 g/mol. The Balaban J connectivity index is 1.95. The van der Waals surface area contributed by atoms with Crippen LogP contribution in [0, 0.1) is 0 Å². The number of ether oxygens (including phenoxy) is 1. The third-order valence-electron chi connectivity index (χ3n) is 4.33. The number of fused-ring (bicyclic) bond motifs is 1. The van der Waals surface area contributed by atoms with Gasteiger partial charge in [0.2, 0.25) is 0 Å². The van der Waals surface area contributed by atoms with E-state index in [1.807, 2.05) is 6.92 Å². The number of nitrogens with one attached hydrogen (secondary N) is 1. The fourth-order valence-electron chi connectivity index (χ4n) is 3.25. The summed E-state index contributed by atoms with van der Waals surface area (Å²) < 4.78 is 9.04. The molecule has 1 aliphatic heterocycles. The molecule has 0 aliphatic carbocycles. The number of hydrogen-bond donors (Lipinski definition) is 1. The molecule has 3 nitrogen and oxygen atoms in total. The Morgan fingerprint density at radius 3 is 2.90 bits per heavy atom. The Labute approximate surface area is 134 Å². The smallest absolute Gasteiger partial charge is 0.0645 e. The number of benzene rings is 1. The molecular weight excluding hydrogens is 328 g/mol. The first-order chi connectivity index (χ1) is 10.3. The highest BCUT2D eigenvalue weighted by Gasteiger charge is 2.20. The van der Waals surface area contributed by atoms with Crippen LogP contribution in [-0.4, -0.2) is 30.9 Å². The lowest BCUT2D eigenvalue weighted by atomic mass is 9.90. The fourth-order valence-corrected chi connectivity index (χ4v) is 3.61. The zero-order valence-electron chi connectivity index (χ0n) is 12.6. The second kappa shape index (κ2) is 6.95. The van der Waals surface area contributed by atoms with Crippen LogP contribution in [0.15, 0.2) is 28.9 Å². The van der Waals surface area contributed by atoms with Crippen molar-refractivity contribution in [2.24, 2.45) is 0 Å². The number of aromatic nitrogens is 1. The average Bonchev–Trinajstić information content (AvgIpc) is 2.86. The average molecular weight is 351 g/mol. The van der Waals surface area contributed by atoms with Crippen molar-refractivity contribution < 1.29 is 4.74 Å². The van der Waals surface area contributed by atoms with E-state index < -0.39 is 0 Å². The highest BCUT2D eigenvalue weighted by molar-refractivity contribution is 9.10. The molecule has 0 unspecified atom stereocenters. The summed E-state index contributed by atoms with van der Waals surface area (Å²) in [5, 5.41) is 4.85. The van der Waals surface area contributed by atoms with Crippen LogP contribution in [0.5, 0.6) is 0 Å². The van der Waals surface area contributed by atoms with Crippen molar-refractivity contribution >= 4 is 26.8 Å². The highest BCUT2D eigenvalue weighted by atomic mass is 79.9. The molecule has 114 valence electrons. The van der Waals surface area contributed by atoms with Gasteiger partial charge in [-0.1, -0.05) is 15.9 Å². The van der Waals surface area contributed by atoms with E-state index in [1.165, 1.54) is 29.3 Å². The highest BCUT2D eigenvalue weighted by Crippen LogP contribution is 2.34. The predicted molar refractivity (Wildman–Crippen MR) is 91.0 cm³/mol. The first-order valence-corrected chi connectivity index (χ1v) is 8.65.